The zero-order valence-corrected chi connectivity index (χ0v) is 13.3. The summed E-state index contributed by atoms with van der Waals surface area (Å²) < 4.78 is 29.1. The Morgan fingerprint density at radius 2 is 1.91 bits per heavy atom. The van der Waals surface area contributed by atoms with Crippen molar-refractivity contribution in [2.24, 2.45) is 0 Å². The van der Waals surface area contributed by atoms with Gasteiger partial charge in [0.05, 0.1) is 11.4 Å². The van der Waals surface area contributed by atoms with E-state index >= 15 is 0 Å². The number of nitrogens with zero attached hydrogens (tertiary/aromatic N) is 1. The first kappa shape index (κ1) is 16.2. The minimum atomic E-state index is -3.57. The van der Waals surface area contributed by atoms with Gasteiger partial charge in [-0.15, -0.1) is 0 Å². The molecular formula is C15H18N2O4S. The molecule has 1 amide bonds. The Labute approximate surface area is 129 Å². The van der Waals surface area contributed by atoms with Gasteiger partial charge in [0.1, 0.15) is 11.5 Å². The monoisotopic (exact) mass is 322 g/mol. The molecule has 22 heavy (non-hydrogen) atoms. The average molecular weight is 322 g/mol. The van der Waals surface area contributed by atoms with Crippen LogP contribution in [0.5, 0.6) is 0 Å². The van der Waals surface area contributed by atoms with Gasteiger partial charge >= 0.3 is 0 Å². The topological polar surface area (TPSA) is 89.3 Å². The van der Waals surface area contributed by atoms with E-state index in [1.54, 1.807) is 13.8 Å². The smallest absolute Gasteiger partial charge is 0.235 e. The molecule has 0 bridgehead atoms. The molecule has 0 saturated heterocycles. The first-order valence-electron chi connectivity index (χ1n) is 6.80. The van der Waals surface area contributed by atoms with Crippen molar-refractivity contribution in [3.8, 4) is 0 Å². The number of carbonyl (C=O) groups is 1. The number of nitrogens with one attached hydrogen (secondary N) is 1. The van der Waals surface area contributed by atoms with Gasteiger partial charge in [-0.3, -0.25) is 4.79 Å². The van der Waals surface area contributed by atoms with Crippen molar-refractivity contribution in [2.75, 3.05) is 5.75 Å². The molecule has 0 unspecified atom stereocenters. The van der Waals surface area contributed by atoms with Crippen molar-refractivity contribution >= 4 is 15.7 Å². The largest absolute Gasteiger partial charge is 0.361 e. The van der Waals surface area contributed by atoms with Crippen LogP contribution in [0, 0.1) is 13.8 Å². The fraction of sp³-hybridized carbons (Fsp3) is 0.333. The standard InChI is InChI=1S/C15H18N2O4S/c1-11-14(12(2)21-17-11)9-22(19,20)10-15(18)16-8-13-6-4-3-5-7-13/h3-7H,8-10H2,1-2H3,(H,16,18). The number of hydrogen-bond donors (Lipinski definition) is 1. The Balaban J connectivity index is 1.93. The van der Waals surface area contributed by atoms with Gasteiger partial charge in [-0.1, -0.05) is 35.5 Å². The zero-order valence-electron chi connectivity index (χ0n) is 12.5. The van der Waals surface area contributed by atoms with Gasteiger partial charge in [0.2, 0.25) is 5.91 Å². The summed E-state index contributed by atoms with van der Waals surface area (Å²) in [6.07, 6.45) is 0. The Morgan fingerprint density at radius 3 is 2.50 bits per heavy atom. The fourth-order valence-electron chi connectivity index (χ4n) is 2.03. The Kier molecular flexibility index (Phi) is 4.97. The normalized spacial score (nSPS) is 11.4. The molecule has 1 aromatic carbocycles. The quantitative estimate of drug-likeness (QED) is 0.871. The van der Waals surface area contributed by atoms with Gasteiger partial charge in [0.25, 0.3) is 0 Å². The third-order valence-electron chi connectivity index (χ3n) is 3.23. The highest BCUT2D eigenvalue weighted by molar-refractivity contribution is 7.91. The van der Waals surface area contributed by atoms with Crippen LogP contribution in [-0.4, -0.2) is 25.2 Å². The summed E-state index contributed by atoms with van der Waals surface area (Å²) in [6, 6.07) is 9.31. The minimum Gasteiger partial charge on any atom is -0.361 e. The second kappa shape index (κ2) is 6.74. The van der Waals surface area contributed by atoms with E-state index in [-0.39, 0.29) is 5.75 Å². The van der Waals surface area contributed by atoms with Crippen molar-refractivity contribution in [2.45, 2.75) is 26.1 Å². The molecular weight excluding hydrogens is 304 g/mol. The molecule has 1 N–H and O–H groups in total. The number of amides is 1. The summed E-state index contributed by atoms with van der Waals surface area (Å²) in [6.45, 7) is 3.64. The first-order valence-corrected chi connectivity index (χ1v) is 8.62. The summed E-state index contributed by atoms with van der Waals surface area (Å²) in [5.41, 5.74) is 1.97. The number of hydrogen-bond acceptors (Lipinski definition) is 5. The van der Waals surface area contributed by atoms with Gasteiger partial charge in [0.15, 0.2) is 9.84 Å². The molecule has 1 heterocycles. The SMILES string of the molecule is Cc1noc(C)c1CS(=O)(=O)CC(=O)NCc1ccccc1. The predicted octanol–water partition coefficient (Wildman–Crippen LogP) is 1.52. The third-order valence-corrected chi connectivity index (χ3v) is 4.66. The summed E-state index contributed by atoms with van der Waals surface area (Å²) >= 11 is 0. The highest BCUT2D eigenvalue weighted by atomic mass is 32.2. The molecule has 1 aromatic heterocycles. The highest BCUT2D eigenvalue weighted by Gasteiger charge is 2.21. The number of aryl methyl sites for hydroxylation is 2. The minimum absolute atomic E-state index is 0.243. The summed E-state index contributed by atoms with van der Waals surface area (Å²) in [4.78, 5) is 11.8. The maximum absolute atomic E-state index is 12.1. The molecule has 118 valence electrons. The van der Waals surface area contributed by atoms with E-state index in [1.165, 1.54) is 0 Å². The molecule has 0 aliphatic rings. The zero-order chi connectivity index (χ0) is 16.2. The van der Waals surface area contributed by atoms with E-state index in [0.717, 1.165) is 5.56 Å². The van der Waals surface area contributed by atoms with Crippen LogP contribution in [0.3, 0.4) is 0 Å². The van der Waals surface area contributed by atoms with Gasteiger partial charge in [0, 0.05) is 12.1 Å². The van der Waals surface area contributed by atoms with E-state index in [0.29, 0.717) is 23.6 Å². The van der Waals surface area contributed by atoms with Crippen molar-refractivity contribution in [1.29, 1.82) is 0 Å². The van der Waals surface area contributed by atoms with Crippen LogP contribution in [0.25, 0.3) is 0 Å². The fourth-order valence-corrected chi connectivity index (χ4v) is 3.48. The molecule has 2 rings (SSSR count). The van der Waals surface area contributed by atoms with Crippen molar-refractivity contribution in [3.05, 3.63) is 52.9 Å². The second-order valence-corrected chi connectivity index (χ2v) is 7.16. The second-order valence-electron chi connectivity index (χ2n) is 5.10. The molecule has 0 spiro atoms. The number of carbonyl (C=O) groups excluding carboxylic acids is 1. The Hall–Kier alpha value is -2.15. The molecule has 0 fully saturated rings. The van der Waals surface area contributed by atoms with Crippen LogP contribution in [-0.2, 0) is 26.9 Å². The maximum Gasteiger partial charge on any atom is 0.235 e. The van der Waals surface area contributed by atoms with Crippen LogP contribution >= 0.6 is 0 Å². The average Bonchev–Trinajstić information content (AvgIpc) is 2.77. The molecule has 7 heteroatoms. The lowest BCUT2D eigenvalue weighted by atomic mass is 10.2. The molecule has 0 aliphatic carbocycles. The van der Waals surface area contributed by atoms with Gasteiger partial charge in [-0.05, 0) is 19.4 Å². The summed E-state index contributed by atoms with van der Waals surface area (Å²) in [5.74, 6) is -0.849. The highest BCUT2D eigenvalue weighted by Crippen LogP contribution is 2.16. The first-order chi connectivity index (χ1) is 10.4. The lowest BCUT2D eigenvalue weighted by Crippen LogP contribution is -2.30. The van der Waals surface area contributed by atoms with Crippen LogP contribution in [0.4, 0.5) is 0 Å². The van der Waals surface area contributed by atoms with Gasteiger partial charge in [-0.2, -0.15) is 0 Å². The molecule has 0 atom stereocenters. The van der Waals surface area contributed by atoms with Gasteiger partial charge in [-0.25, -0.2) is 8.42 Å². The molecule has 0 aliphatic heterocycles. The lowest BCUT2D eigenvalue weighted by molar-refractivity contribution is -0.118. The molecule has 0 saturated carbocycles. The van der Waals surface area contributed by atoms with Crippen LogP contribution in [0.2, 0.25) is 0 Å². The van der Waals surface area contributed by atoms with Gasteiger partial charge < -0.3 is 9.84 Å². The molecule has 6 nitrogen and oxygen atoms in total. The van der Waals surface area contributed by atoms with E-state index in [2.05, 4.69) is 10.5 Å². The van der Waals surface area contributed by atoms with E-state index in [4.69, 9.17) is 4.52 Å². The number of rotatable bonds is 6. The maximum atomic E-state index is 12.1. The Bertz CT molecular complexity index is 732. The number of aromatic nitrogens is 1. The molecule has 2 aromatic rings. The Morgan fingerprint density at radius 1 is 1.23 bits per heavy atom. The molecule has 0 radical (unpaired) electrons. The van der Waals surface area contributed by atoms with Crippen LogP contribution in [0.15, 0.2) is 34.9 Å². The summed E-state index contributed by atoms with van der Waals surface area (Å²) in [5, 5.41) is 6.32. The van der Waals surface area contributed by atoms with Crippen LogP contribution in [0.1, 0.15) is 22.6 Å². The summed E-state index contributed by atoms with van der Waals surface area (Å²) in [7, 11) is -3.57. The van der Waals surface area contributed by atoms with Crippen molar-refractivity contribution < 1.29 is 17.7 Å². The number of sulfone groups is 1. The van der Waals surface area contributed by atoms with E-state index in [1.807, 2.05) is 30.3 Å². The third kappa shape index (κ3) is 4.42. The van der Waals surface area contributed by atoms with Crippen molar-refractivity contribution in [3.63, 3.8) is 0 Å². The van der Waals surface area contributed by atoms with E-state index in [9.17, 15) is 13.2 Å². The van der Waals surface area contributed by atoms with Crippen LogP contribution < -0.4 is 5.32 Å². The predicted molar refractivity (Wildman–Crippen MR) is 81.8 cm³/mol. The van der Waals surface area contributed by atoms with Crippen molar-refractivity contribution in [1.82, 2.24) is 10.5 Å². The number of benzene rings is 1. The van der Waals surface area contributed by atoms with E-state index < -0.39 is 21.5 Å². The lowest BCUT2D eigenvalue weighted by Gasteiger charge is -2.06.